The van der Waals surface area contributed by atoms with Crippen molar-refractivity contribution in [2.24, 2.45) is 0 Å². The molecule has 2 amide bonds. The molecule has 0 spiro atoms. The molecule has 1 heterocycles. The standard InChI is InChI=1S/C22H22N2O7/c1-13-8-21(27)31-19-10-16(6-7-17(13)19)30-12-20(26)24-18(11-25)22(28)23-14-4-3-5-15(9-14)29-2/h3-10,18,25H,11-12H2,1-2H3,(H,23,28)(H,24,26)/t18-/m0/s1. The van der Waals surface area contributed by atoms with Crippen LogP contribution in [-0.4, -0.2) is 43.3 Å². The second-order valence-electron chi connectivity index (χ2n) is 6.72. The van der Waals surface area contributed by atoms with Gasteiger partial charge in [-0.1, -0.05) is 6.07 Å². The van der Waals surface area contributed by atoms with E-state index in [0.29, 0.717) is 22.8 Å². The number of methoxy groups -OCH3 is 1. The minimum atomic E-state index is -1.17. The van der Waals surface area contributed by atoms with E-state index in [0.717, 1.165) is 10.9 Å². The second kappa shape index (κ2) is 9.77. The molecule has 9 heteroatoms. The molecule has 0 saturated carbocycles. The fourth-order valence-corrected chi connectivity index (χ4v) is 2.90. The molecule has 2 aromatic carbocycles. The van der Waals surface area contributed by atoms with Gasteiger partial charge in [0, 0.05) is 29.3 Å². The number of aliphatic hydroxyl groups is 1. The third kappa shape index (κ3) is 5.61. The number of anilines is 1. The molecule has 3 rings (SSSR count). The highest BCUT2D eigenvalue weighted by molar-refractivity contribution is 5.97. The van der Waals surface area contributed by atoms with Crippen LogP contribution in [0.2, 0.25) is 0 Å². The lowest BCUT2D eigenvalue weighted by Crippen LogP contribution is -2.47. The number of amides is 2. The summed E-state index contributed by atoms with van der Waals surface area (Å²) in [6.45, 7) is 0.797. The number of aryl methyl sites for hydroxylation is 1. The zero-order chi connectivity index (χ0) is 22.4. The monoisotopic (exact) mass is 426 g/mol. The van der Waals surface area contributed by atoms with Gasteiger partial charge in [-0.3, -0.25) is 9.59 Å². The minimum absolute atomic E-state index is 0.317. The maximum atomic E-state index is 12.4. The SMILES string of the molecule is COc1cccc(NC(=O)[C@H](CO)NC(=O)COc2ccc3c(C)cc(=O)oc3c2)c1. The number of fused-ring (bicyclic) bond motifs is 1. The third-order valence-corrected chi connectivity index (χ3v) is 4.46. The van der Waals surface area contributed by atoms with Crippen molar-refractivity contribution in [1.29, 1.82) is 0 Å². The van der Waals surface area contributed by atoms with Crippen LogP contribution in [0.4, 0.5) is 5.69 Å². The molecular formula is C22H22N2O7. The molecule has 3 aromatic rings. The predicted molar refractivity (Wildman–Crippen MR) is 113 cm³/mol. The van der Waals surface area contributed by atoms with Crippen molar-refractivity contribution in [1.82, 2.24) is 5.32 Å². The molecule has 0 fully saturated rings. The number of hydrogen-bond acceptors (Lipinski definition) is 7. The summed E-state index contributed by atoms with van der Waals surface area (Å²) in [5, 5.41) is 15.3. The van der Waals surface area contributed by atoms with Crippen LogP contribution in [-0.2, 0) is 9.59 Å². The predicted octanol–water partition coefficient (Wildman–Crippen LogP) is 1.60. The summed E-state index contributed by atoms with van der Waals surface area (Å²) < 4.78 is 15.7. The first-order chi connectivity index (χ1) is 14.9. The van der Waals surface area contributed by atoms with Crippen LogP contribution in [0.25, 0.3) is 11.0 Å². The van der Waals surface area contributed by atoms with Crippen molar-refractivity contribution in [3.05, 3.63) is 64.5 Å². The Kier molecular flexibility index (Phi) is 6.88. The molecule has 3 N–H and O–H groups in total. The molecule has 162 valence electrons. The third-order valence-electron chi connectivity index (χ3n) is 4.46. The number of rotatable bonds is 8. The minimum Gasteiger partial charge on any atom is -0.497 e. The van der Waals surface area contributed by atoms with Crippen LogP contribution in [0.3, 0.4) is 0 Å². The summed E-state index contributed by atoms with van der Waals surface area (Å²) in [4.78, 5) is 36.1. The number of hydrogen-bond donors (Lipinski definition) is 3. The molecule has 0 bridgehead atoms. The Morgan fingerprint density at radius 2 is 1.94 bits per heavy atom. The van der Waals surface area contributed by atoms with Gasteiger partial charge in [0.2, 0.25) is 5.91 Å². The summed E-state index contributed by atoms with van der Waals surface area (Å²) in [7, 11) is 1.50. The summed E-state index contributed by atoms with van der Waals surface area (Å²) >= 11 is 0. The number of carbonyl (C=O) groups is 2. The molecule has 0 aliphatic carbocycles. The van der Waals surface area contributed by atoms with Gasteiger partial charge < -0.3 is 29.6 Å². The number of aliphatic hydroxyl groups excluding tert-OH is 1. The average Bonchev–Trinajstić information content (AvgIpc) is 2.75. The fraction of sp³-hybridized carbons (Fsp3) is 0.227. The smallest absolute Gasteiger partial charge is 0.336 e. The van der Waals surface area contributed by atoms with Gasteiger partial charge in [-0.15, -0.1) is 0 Å². The quantitative estimate of drug-likeness (QED) is 0.467. The van der Waals surface area contributed by atoms with Crippen LogP contribution < -0.4 is 25.7 Å². The molecule has 0 unspecified atom stereocenters. The highest BCUT2D eigenvalue weighted by atomic mass is 16.5. The molecule has 0 aliphatic rings. The van der Waals surface area contributed by atoms with E-state index in [1.165, 1.54) is 19.2 Å². The lowest BCUT2D eigenvalue weighted by Gasteiger charge is -2.17. The summed E-state index contributed by atoms with van der Waals surface area (Å²) in [5.74, 6) is -0.326. The zero-order valence-electron chi connectivity index (χ0n) is 17.0. The van der Waals surface area contributed by atoms with Crippen LogP contribution in [0, 0.1) is 6.92 Å². The molecule has 9 nitrogen and oxygen atoms in total. The lowest BCUT2D eigenvalue weighted by atomic mass is 10.1. The van der Waals surface area contributed by atoms with Gasteiger partial charge >= 0.3 is 5.63 Å². The van der Waals surface area contributed by atoms with E-state index in [9.17, 15) is 19.5 Å². The first kappa shape index (κ1) is 21.8. The maximum Gasteiger partial charge on any atom is 0.336 e. The van der Waals surface area contributed by atoms with Crippen molar-refractivity contribution in [3.63, 3.8) is 0 Å². The Morgan fingerprint density at radius 3 is 2.68 bits per heavy atom. The second-order valence-corrected chi connectivity index (χ2v) is 6.72. The Morgan fingerprint density at radius 1 is 1.13 bits per heavy atom. The van der Waals surface area contributed by atoms with Crippen LogP contribution in [0.5, 0.6) is 11.5 Å². The first-order valence-corrected chi connectivity index (χ1v) is 9.42. The molecule has 1 aromatic heterocycles. The van der Waals surface area contributed by atoms with Crippen molar-refractivity contribution in [2.45, 2.75) is 13.0 Å². The number of carbonyl (C=O) groups excluding carboxylic acids is 2. The highest BCUT2D eigenvalue weighted by Crippen LogP contribution is 2.22. The van der Waals surface area contributed by atoms with E-state index in [1.54, 1.807) is 43.3 Å². The molecule has 1 atom stereocenters. The molecule has 31 heavy (non-hydrogen) atoms. The first-order valence-electron chi connectivity index (χ1n) is 9.42. The summed E-state index contributed by atoms with van der Waals surface area (Å²) in [6, 6.07) is 11.8. The Hall–Kier alpha value is -3.85. The lowest BCUT2D eigenvalue weighted by molar-refractivity contribution is -0.128. The van der Waals surface area contributed by atoms with E-state index in [4.69, 9.17) is 13.9 Å². The van der Waals surface area contributed by atoms with Gasteiger partial charge in [-0.25, -0.2) is 4.79 Å². The van der Waals surface area contributed by atoms with E-state index < -0.39 is 36.7 Å². The number of ether oxygens (including phenoxy) is 2. The zero-order valence-corrected chi connectivity index (χ0v) is 17.0. The summed E-state index contributed by atoms with van der Waals surface area (Å²) in [6.07, 6.45) is 0. The summed E-state index contributed by atoms with van der Waals surface area (Å²) in [5.41, 5.74) is 1.09. The topological polar surface area (TPSA) is 127 Å². The highest BCUT2D eigenvalue weighted by Gasteiger charge is 2.20. The Bertz CT molecular complexity index is 1160. The van der Waals surface area contributed by atoms with Crippen molar-refractivity contribution >= 4 is 28.5 Å². The van der Waals surface area contributed by atoms with E-state index in [-0.39, 0.29) is 0 Å². The van der Waals surface area contributed by atoms with Gasteiger partial charge in [0.05, 0.1) is 13.7 Å². The van der Waals surface area contributed by atoms with Crippen molar-refractivity contribution in [2.75, 3.05) is 25.6 Å². The van der Waals surface area contributed by atoms with Gasteiger partial charge in [-0.05, 0) is 36.8 Å². The van der Waals surface area contributed by atoms with Crippen molar-refractivity contribution < 1.29 is 28.6 Å². The number of nitrogens with one attached hydrogen (secondary N) is 2. The molecule has 0 aliphatic heterocycles. The number of benzene rings is 2. The Balaban J connectivity index is 1.59. The van der Waals surface area contributed by atoms with Gasteiger partial charge in [0.15, 0.2) is 6.61 Å². The maximum absolute atomic E-state index is 12.4. The largest absolute Gasteiger partial charge is 0.497 e. The van der Waals surface area contributed by atoms with Crippen LogP contribution in [0.1, 0.15) is 5.56 Å². The van der Waals surface area contributed by atoms with E-state index in [1.807, 2.05) is 0 Å². The van der Waals surface area contributed by atoms with E-state index in [2.05, 4.69) is 10.6 Å². The fourth-order valence-electron chi connectivity index (χ4n) is 2.90. The van der Waals surface area contributed by atoms with E-state index >= 15 is 0 Å². The van der Waals surface area contributed by atoms with Gasteiger partial charge in [-0.2, -0.15) is 0 Å². The molecular weight excluding hydrogens is 404 g/mol. The Labute approximate surface area is 177 Å². The van der Waals surface area contributed by atoms with Gasteiger partial charge in [0.25, 0.3) is 5.91 Å². The normalized spacial score (nSPS) is 11.6. The van der Waals surface area contributed by atoms with Crippen LogP contribution in [0.15, 0.2) is 57.7 Å². The van der Waals surface area contributed by atoms with Crippen LogP contribution >= 0.6 is 0 Å². The van der Waals surface area contributed by atoms with Crippen molar-refractivity contribution in [3.8, 4) is 11.5 Å². The average molecular weight is 426 g/mol. The molecule has 0 radical (unpaired) electrons. The molecule has 0 saturated heterocycles. The van der Waals surface area contributed by atoms with Gasteiger partial charge in [0.1, 0.15) is 23.1 Å².